The zero-order valence-electron chi connectivity index (χ0n) is 18.9. The molecule has 1 rings (SSSR count). The standard InChI is InChI=1S/C22H40N.2CH2N2/c1-3-4-5-6-7-8-9-10-11-12-13-14-15-16-19-23-20-17-18-22(2)21-23;2*2-1-3/h17-18,20-21H,3-16,19H2,1-2H3;2*2H2/q+1;;. The van der Waals surface area contributed by atoms with Gasteiger partial charge in [-0.1, -0.05) is 84.0 Å². The van der Waals surface area contributed by atoms with Gasteiger partial charge in [0.25, 0.3) is 0 Å². The third-order valence-electron chi connectivity index (χ3n) is 4.78. The van der Waals surface area contributed by atoms with E-state index < -0.39 is 0 Å². The number of unbranched alkanes of at least 4 members (excludes halogenated alkanes) is 13. The number of hydrogen-bond acceptors (Lipinski definition) is 4. The van der Waals surface area contributed by atoms with Crippen molar-refractivity contribution in [3.8, 4) is 12.4 Å². The normalized spacial score (nSPS) is 9.24. The lowest BCUT2D eigenvalue weighted by Gasteiger charge is -2.03. The van der Waals surface area contributed by atoms with E-state index in [-0.39, 0.29) is 0 Å². The van der Waals surface area contributed by atoms with E-state index in [9.17, 15) is 0 Å². The van der Waals surface area contributed by atoms with Crippen LogP contribution in [-0.4, -0.2) is 0 Å². The average Bonchev–Trinajstić information content (AvgIpc) is 2.69. The molecule has 5 heteroatoms. The van der Waals surface area contributed by atoms with E-state index in [1.54, 1.807) is 0 Å². The Hall–Kier alpha value is -2.27. The van der Waals surface area contributed by atoms with Crippen molar-refractivity contribution >= 4 is 0 Å². The molecule has 0 aliphatic carbocycles. The van der Waals surface area contributed by atoms with Crippen molar-refractivity contribution < 1.29 is 4.57 Å². The summed E-state index contributed by atoms with van der Waals surface area (Å²) in [7, 11) is 0. The van der Waals surface area contributed by atoms with Gasteiger partial charge in [0.15, 0.2) is 24.8 Å². The van der Waals surface area contributed by atoms with Gasteiger partial charge in [-0.3, -0.25) is 0 Å². The minimum Gasteiger partial charge on any atom is -0.337 e. The van der Waals surface area contributed by atoms with Crippen molar-refractivity contribution in [1.82, 2.24) is 0 Å². The average molecular weight is 403 g/mol. The summed E-state index contributed by atoms with van der Waals surface area (Å²) in [6.07, 6.45) is 27.0. The molecule has 0 aliphatic heterocycles. The lowest BCUT2D eigenvalue weighted by molar-refractivity contribution is -0.697. The maximum Gasteiger partial charge on any atom is 0.173 e. The van der Waals surface area contributed by atoms with Crippen molar-refractivity contribution in [2.24, 2.45) is 11.5 Å². The summed E-state index contributed by atoms with van der Waals surface area (Å²) in [6, 6.07) is 4.32. The van der Waals surface area contributed by atoms with Crippen LogP contribution < -0.4 is 16.0 Å². The lowest BCUT2D eigenvalue weighted by atomic mass is 10.0. The first-order valence-corrected chi connectivity index (χ1v) is 11.3. The first kappa shape index (κ1) is 28.9. The number of nitriles is 2. The Balaban J connectivity index is 0. The van der Waals surface area contributed by atoms with Gasteiger partial charge in [-0.25, -0.2) is 4.57 Å². The Kier molecular flexibility index (Phi) is 25.7. The van der Waals surface area contributed by atoms with Crippen LogP contribution in [0, 0.1) is 29.8 Å². The summed E-state index contributed by atoms with van der Waals surface area (Å²) in [5.41, 5.74) is 9.66. The molecule has 4 N–H and O–H groups in total. The largest absolute Gasteiger partial charge is 0.337 e. The van der Waals surface area contributed by atoms with Gasteiger partial charge in [0.2, 0.25) is 0 Å². The minimum atomic E-state index is 1.18. The molecular weight excluding hydrogens is 358 g/mol. The maximum absolute atomic E-state index is 7.10. The molecular formula is C24H44N5+. The van der Waals surface area contributed by atoms with E-state index in [0.717, 1.165) is 0 Å². The second kappa shape index (κ2) is 25.7. The molecule has 0 bridgehead atoms. The fourth-order valence-electron chi connectivity index (χ4n) is 3.28. The van der Waals surface area contributed by atoms with Crippen LogP contribution in [0.25, 0.3) is 0 Å². The van der Waals surface area contributed by atoms with Crippen molar-refractivity contribution in [1.29, 1.82) is 10.5 Å². The highest BCUT2D eigenvalue weighted by Crippen LogP contribution is 2.12. The van der Waals surface area contributed by atoms with Crippen LogP contribution in [0.2, 0.25) is 0 Å². The fraction of sp³-hybridized carbons (Fsp3) is 0.708. The van der Waals surface area contributed by atoms with Gasteiger partial charge >= 0.3 is 0 Å². The Labute approximate surface area is 179 Å². The zero-order valence-corrected chi connectivity index (χ0v) is 18.9. The van der Waals surface area contributed by atoms with Crippen LogP contribution in [0.3, 0.4) is 0 Å². The molecule has 0 spiro atoms. The smallest absolute Gasteiger partial charge is 0.173 e. The predicted molar refractivity (Wildman–Crippen MR) is 121 cm³/mol. The molecule has 0 atom stereocenters. The number of aryl methyl sites for hydroxylation is 2. The molecule has 0 aliphatic rings. The van der Waals surface area contributed by atoms with Crippen LogP contribution in [-0.2, 0) is 6.54 Å². The minimum absolute atomic E-state index is 1.18. The van der Waals surface area contributed by atoms with Crippen molar-refractivity contribution in [3.05, 3.63) is 30.1 Å². The topological polar surface area (TPSA) is 103 Å². The second-order valence-corrected chi connectivity index (χ2v) is 7.47. The quantitative estimate of drug-likeness (QED) is 0.172. The van der Waals surface area contributed by atoms with E-state index in [0.29, 0.717) is 0 Å². The number of rotatable bonds is 15. The SMILES string of the molecule is CCCCCCCCCCCCCCCC[n+]1cccc(C)c1.N#CN.N#CN. The van der Waals surface area contributed by atoms with E-state index in [1.165, 1.54) is 114 Å². The number of nitrogens with two attached hydrogens (primary N) is 2. The molecule has 0 amide bonds. The number of hydrogen-bond donors (Lipinski definition) is 2. The molecule has 0 saturated heterocycles. The van der Waals surface area contributed by atoms with Gasteiger partial charge < -0.3 is 11.5 Å². The van der Waals surface area contributed by atoms with Crippen molar-refractivity contribution in [3.63, 3.8) is 0 Å². The van der Waals surface area contributed by atoms with Crippen LogP contribution in [0.15, 0.2) is 24.5 Å². The highest BCUT2D eigenvalue weighted by Gasteiger charge is 2.00. The van der Waals surface area contributed by atoms with Gasteiger partial charge in [0, 0.05) is 18.1 Å². The number of nitrogens with zero attached hydrogens (tertiary/aromatic N) is 3. The molecule has 29 heavy (non-hydrogen) atoms. The first-order chi connectivity index (χ1) is 14.2. The molecule has 0 saturated carbocycles. The third-order valence-corrected chi connectivity index (χ3v) is 4.78. The Morgan fingerprint density at radius 3 is 1.52 bits per heavy atom. The highest BCUT2D eigenvalue weighted by molar-refractivity contribution is 5.01. The zero-order chi connectivity index (χ0) is 22.0. The molecule has 1 aromatic rings. The van der Waals surface area contributed by atoms with Gasteiger partial charge in [0.1, 0.15) is 6.54 Å². The summed E-state index contributed by atoms with van der Waals surface area (Å²) < 4.78 is 2.33. The van der Waals surface area contributed by atoms with Gasteiger partial charge in [-0.2, -0.15) is 10.5 Å². The first-order valence-electron chi connectivity index (χ1n) is 11.3. The van der Waals surface area contributed by atoms with E-state index in [2.05, 4.69) is 54.4 Å². The molecule has 0 aromatic carbocycles. The van der Waals surface area contributed by atoms with Crippen LogP contribution in [0.1, 0.15) is 102 Å². The predicted octanol–water partition coefficient (Wildman–Crippen LogP) is 5.62. The summed E-state index contributed by atoms with van der Waals surface area (Å²) in [5.74, 6) is 0. The van der Waals surface area contributed by atoms with E-state index in [4.69, 9.17) is 10.5 Å². The summed E-state index contributed by atoms with van der Waals surface area (Å²) in [4.78, 5) is 0. The fourth-order valence-corrected chi connectivity index (χ4v) is 3.28. The number of pyridine rings is 1. The monoisotopic (exact) mass is 402 g/mol. The Morgan fingerprint density at radius 1 is 0.759 bits per heavy atom. The number of aromatic nitrogens is 1. The van der Waals surface area contributed by atoms with Gasteiger partial charge in [-0.05, 0) is 19.4 Å². The molecule has 164 valence electrons. The molecule has 5 nitrogen and oxygen atoms in total. The molecule has 0 fully saturated rings. The lowest BCUT2D eigenvalue weighted by Crippen LogP contribution is -2.32. The summed E-state index contributed by atoms with van der Waals surface area (Å²) in [5, 5.41) is 14.2. The Bertz CT molecular complexity index is 519. The summed E-state index contributed by atoms with van der Waals surface area (Å²) >= 11 is 0. The second-order valence-electron chi connectivity index (χ2n) is 7.47. The van der Waals surface area contributed by atoms with Crippen molar-refractivity contribution in [2.45, 2.75) is 110 Å². The van der Waals surface area contributed by atoms with E-state index in [1.807, 2.05) is 0 Å². The summed E-state index contributed by atoms with van der Waals surface area (Å²) in [6.45, 7) is 5.64. The molecule has 0 unspecified atom stereocenters. The molecule has 0 radical (unpaired) electrons. The van der Waals surface area contributed by atoms with Crippen LogP contribution >= 0.6 is 0 Å². The Morgan fingerprint density at radius 2 is 1.14 bits per heavy atom. The molecule has 1 heterocycles. The third kappa shape index (κ3) is 25.7. The van der Waals surface area contributed by atoms with Gasteiger partial charge in [0.05, 0.1) is 0 Å². The van der Waals surface area contributed by atoms with Crippen LogP contribution in [0.4, 0.5) is 0 Å². The van der Waals surface area contributed by atoms with Crippen molar-refractivity contribution in [2.75, 3.05) is 0 Å². The van der Waals surface area contributed by atoms with Gasteiger partial charge in [-0.15, -0.1) is 0 Å². The van der Waals surface area contributed by atoms with Crippen LogP contribution in [0.5, 0.6) is 0 Å². The van der Waals surface area contributed by atoms with E-state index >= 15 is 0 Å². The highest BCUT2D eigenvalue weighted by atomic mass is 14.9. The molecule has 1 aromatic heterocycles. The maximum atomic E-state index is 7.10.